The van der Waals surface area contributed by atoms with E-state index in [9.17, 15) is 14.0 Å². The zero-order valence-electron chi connectivity index (χ0n) is 13.8. The molecular formula is C20H20FNO3. The summed E-state index contributed by atoms with van der Waals surface area (Å²) in [6.45, 7) is 0. The maximum absolute atomic E-state index is 14.2. The second-order valence-electron chi connectivity index (χ2n) is 6.28. The molecular weight excluding hydrogens is 321 g/mol. The van der Waals surface area contributed by atoms with Crippen molar-refractivity contribution in [1.29, 1.82) is 0 Å². The average molecular weight is 341 g/mol. The van der Waals surface area contributed by atoms with Crippen molar-refractivity contribution in [3.05, 3.63) is 70.5 Å². The van der Waals surface area contributed by atoms with Crippen molar-refractivity contribution in [3.8, 4) is 0 Å². The summed E-state index contributed by atoms with van der Waals surface area (Å²) in [5, 5.41) is 11.8. The molecule has 2 aromatic carbocycles. The van der Waals surface area contributed by atoms with Gasteiger partial charge in [-0.1, -0.05) is 30.3 Å². The predicted octanol–water partition coefficient (Wildman–Crippen LogP) is 3.65. The summed E-state index contributed by atoms with van der Waals surface area (Å²) >= 11 is 0. The molecule has 1 atom stereocenters. The van der Waals surface area contributed by atoms with E-state index in [2.05, 4.69) is 5.32 Å². The van der Waals surface area contributed by atoms with E-state index in [1.165, 1.54) is 6.07 Å². The molecule has 2 aromatic rings. The fourth-order valence-electron chi connectivity index (χ4n) is 3.41. The van der Waals surface area contributed by atoms with Gasteiger partial charge in [-0.2, -0.15) is 0 Å². The van der Waals surface area contributed by atoms with Crippen molar-refractivity contribution in [2.45, 2.75) is 38.1 Å². The Kier molecular flexibility index (Phi) is 5.12. The standard InChI is InChI=1S/C20H20FNO3/c21-16-9-3-6-14-7-4-10-17(19(14)16)22-20(25)15-8-2-1-5-13(15)11-12-18(23)24/h1-3,5-6,8-9,17H,4,7,10-12H2,(H,22,25)(H,23,24). The van der Waals surface area contributed by atoms with Crippen LogP contribution in [0.1, 0.15) is 52.4 Å². The van der Waals surface area contributed by atoms with Crippen LogP contribution in [-0.2, 0) is 17.6 Å². The summed E-state index contributed by atoms with van der Waals surface area (Å²) < 4.78 is 14.2. The lowest BCUT2D eigenvalue weighted by atomic mass is 9.87. The third-order valence-corrected chi connectivity index (χ3v) is 4.61. The maximum atomic E-state index is 14.2. The lowest BCUT2D eigenvalue weighted by molar-refractivity contribution is -0.136. The summed E-state index contributed by atoms with van der Waals surface area (Å²) in [5.41, 5.74) is 2.65. The van der Waals surface area contributed by atoms with Crippen LogP contribution in [0.3, 0.4) is 0 Å². The van der Waals surface area contributed by atoms with Crippen LogP contribution in [0.2, 0.25) is 0 Å². The Morgan fingerprint density at radius 2 is 1.96 bits per heavy atom. The number of hydrogen-bond acceptors (Lipinski definition) is 2. The highest BCUT2D eigenvalue weighted by Gasteiger charge is 2.25. The lowest BCUT2D eigenvalue weighted by Gasteiger charge is -2.27. The first kappa shape index (κ1) is 17.1. The maximum Gasteiger partial charge on any atom is 0.303 e. The van der Waals surface area contributed by atoms with Gasteiger partial charge in [-0.05, 0) is 48.9 Å². The highest BCUT2D eigenvalue weighted by atomic mass is 19.1. The second kappa shape index (κ2) is 7.47. The Balaban J connectivity index is 1.82. The van der Waals surface area contributed by atoms with E-state index in [0.29, 0.717) is 23.1 Å². The quantitative estimate of drug-likeness (QED) is 0.872. The first-order chi connectivity index (χ1) is 12.1. The van der Waals surface area contributed by atoms with Crippen LogP contribution in [0, 0.1) is 5.82 Å². The van der Waals surface area contributed by atoms with Crippen LogP contribution in [0.4, 0.5) is 4.39 Å². The number of nitrogens with one attached hydrogen (secondary N) is 1. The molecule has 5 heteroatoms. The molecule has 1 amide bonds. The summed E-state index contributed by atoms with van der Waals surface area (Å²) in [6.07, 6.45) is 2.65. The Labute approximate surface area is 145 Å². The summed E-state index contributed by atoms with van der Waals surface area (Å²) in [7, 11) is 0. The van der Waals surface area contributed by atoms with E-state index in [0.717, 1.165) is 18.4 Å². The van der Waals surface area contributed by atoms with Gasteiger partial charge in [-0.3, -0.25) is 9.59 Å². The molecule has 0 saturated carbocycles. The van der Waals surface area contributed by atoms with Crippen molar-refractivity contribution in [2.24, 2.45) is 0 Å². The van der Waals surface area contributed by atoms with Gasteiger partial charge in [-0.25, -0.2) is 4.39 Å². The minimum Gasteiger partial charge on any atom is -0.481 e. The van der Waals surface area contributed by atoms with Gasteiger partial charge in [0.2, 0.25) is 0 Å². The largest absolute Gasteiger partial charge is 0.481 e. The smallest absolute Gasteiger partial charge is 0.303 e. The number of rotatable bonds is 5. The zero-order chi connectivity index (χ0) is 17.8. The van der Waals surface area contributed by atoms with Crippen molar-refractivity contribution in [3.63, 3.8) is 0 Å². The van der Waals surface area contributed by atoms with Gasteiger partial charge in [0.05, 0.1) is 6.04 Å². The molecule has 2 N–H and O–H groups in total. The number of carbonyl (C=O) groups excluding carboxylic acids is 1. The third-order valence-electron chi connectivity index (χ3n) is 4.61. The lowest BCUT2D eigenvalue weighted by Crippen LogP contribution is -2.32. The van der Waals surface area contributed by atoms with E-state index >= 15 is 0 Å². The molecule has 0 aromatic heterocycles. The van der Waals surface area contributed by atoms with E-state index < -0.39 is 5.97 Å². The molecule has 1 unspecified atom stereocenters. The van der Waals surface area contributed by atoms with Crippen LogP contribution in [0.15, 0.2) is 42.5 Å². The number of aryl methyl sites for hydroxylation is 2. The van der Waals surface area contributed by atoms with Crippen LogP contribution in [-0.4, -0.2) is 17.0 Å². The first-order valence-corrected chi connectivity index (χ1v) is 8.44. The minimum atomic E-state index is -0.904. The van der Waals surface area contributed by atoms with Crippen molar-refractivity contribution in [1.82, 2.24) is 5.32 Å². The van der Waals surface area contributed by atoms with Gasteiger partial charge in [-0.15, -0.1) is 0 Å². The predicted molar refractivity (Wildman–Crippen MR) is 91.9 cm³/mol. The zero-order valence-corrected chi connectivity index (χ0v) is 13.8. The second-order valence-corrected chi connectivity index (χ2v) is 6.28. The Morgan fingerprint density at radius 1 is 1.16 bits per heavy atom. The molecule has 0 heterocycles. The fourth-order valence-corrected chi connectivity index (χ4v) is 3.41. The van der Waals surface area contributed by atoms with Crippen molar-refractivity contribution >= 4 is 11.9 Å². The number of amides is 1. The fraction of sp³-hybridized carbons (Fsp3) is 0.300. The highest BCUT2D eigenvalue weighted by molar-refractivity contribution is 5.96. The van der Waals surface area contributed by atoms with Crippen molar-refractivity contribution in [2.75, 3.05) is 0 Å². The van der Waals surface area contributed by atoms with E-state index in [4.69, 9.17) is 5.11 Å². The number of carboxylic acid groups (broad SMARTS) is 1. The van der Waals surface area contributed by atoms with Crippen LogP contribution >= 0.6 is 0 Å². The number of benzene rings is 2. The highest BCUT2D eigenvalue weighted by Crippen LogP contribution is 2.32. The molecule has 0 saturated heterocycles. The monoisotopic (exact) mass is 341 g/mol. The van der Waals surface area contributed by atoms with Gasteiger partial charge in [0.1, 0.15) is 5.82 Å². The SMILES string of the molecule is O=C(O)CCc1ccccc1C(=O)NC1CCCc2cccc(F)c21. The Bertz CT molecular complexity index is 803. The first-order valence-electron chi connectivity index (χ1n) is 8.44. The molecule has 1 aliphatic rings. The Hall–Kier alpha value is -2.69. The van der Waals surface area contributed by atoms with Gasteiger partial charge in [0.25, 0.3) is 5.91 Å². The van der Waals surface area contributed by atoms with Crippen LogP contribution < -0.4 is 5.32 Å². The molecule has 0 bridgehead atoms. The molecule has 0 spiro atoms. The average Bonchev–Trinajstić information content (AvgIpc) is 2.60. The number of fused-ring (bicyclic) bond motifs is 1. The molecule has 1 aliphatic carbocycles. The normalized spacial score (nSPS) is 16.1. The van der Waals surface area contributed by atoms with Gasteiger partial charge in [0, 0.05) is 17.5 Å². The number of aliphatic carboxylic acids is 1. The molecule has 130 valence electrons. The number of carboxylic acids is 1. The molecule has 0 radical (unpaired) electrons. The van der Waals surface area contributed by atoms with Crippen LogP contribution in [0.5, 0.6) is 0 Å². The van der Waals surface area contributed by atoms with E-state index in [-0.39, 0.29) is 30.6 Å². The molecule has 0 aliphatic heterocycles. The van der Waals surface area contributed by atoms with Gasteiger partial charge < -0.3 is 10.4 Å². The number of carbonyl (C=O) groups is 2. The third kappa shape index (κ3) is 3.87. The van der Waals surface area contributed by atoms with Gasteiger partial charge >= 0.3 is 5.97 Å². The Morgan fingerprint density at radius 3 is 2.76 bits per heavy atom. The molecule has 4 nitrogen and oxygen atoms in total. The summed E-state index contributed by atoms with van der Waals surface area (Å²) in [6, 6.07) is 11.6. The molecule has 0 fully saturated rings. The van der Waals surface area contributed by atoms with E-state index in [1.54, 1.807) is 30.3 Å². The van der Waals surface area contributed by atoms with Crippen molar-refractivity contribution < 1.29 is 19.1 Å². The van der Waals surface area contributed by atoms with E-state index in [1.807, 2.05) is 6.07 Å². The molecule has 3 rings (SSSR count). The number of hydrogen-bond donors (Lipinski definition) is 2. The minimum absolute atomic E-state index is 0.0365. The summed E-state index contributed by atoms with van der Waals surface area (Å²) in [4.78, 5) is 23.5. The number of halogens is 1. The van der Waals surface area contributed by atoms with Gasteiger partial charge in [0.15, 0.2) is 0 Å². The topological polar surface area (TPSA) is 66.4 Å². The van der Waals surface area contributed by atoms with Crippen LogP contribution in [0.25, 0.3) is 0 Å². The summed E-state index contributed by atoms with van der Waals surface area (Å²) in [5.74, 6) is -1.48. The molecule has 25 heavy (non-hydrogen) atoms.